The smallest absolute Gasteiger partial charge is 0.234 e. The zero-order chi connectivity index (χ0) is 20.6. The van der Waals surface area contributed by atoms with Crippen molar-refractivity contribution in [2.75, 3.05) is 39.9 Å². The summed E-state index contributed by atoms with van der Waals surface area (Å²) in [4.78, 5) is 27.1. The first kappa shape index (κ1) is 21.8. The van der Waals surface area contributed by atoms with E-state index < -0.39 is 0 Å². The topological polar surface area (TPSA) is 70.7 Å². The van der Waals surface area contributed by atoms with Gasteiger partial charge in [-0.25, -0.2) is 0 Å². The summed E-state index contributed by atoms with van der Waals surface area (Å²) in [7, 11) is 1.67. The van der Waals surface area contributed by atoms with Crippen LogP contribution in [0.2, 0.25) is 0 Å². The Morgan fingerprint density at radius 3 is 2.45 bits per heavy atom. The molecule has 2 amide bonds. The summed E-state index contributed by atoms with van der Waals surface area (Å²) in [5, 5.41) is 6.26. The Morgan fingerprint density at radius 2 is 1.83 bits per heavy atom. The lowest BCUT2D eigenvalue weighted by Gasteiger charge is -2.31. The third kappa shape index (κ3) is 6.82. The van der Waals surface area contributed by atoms with Crippen LogP contribution >= 0.6 is 0 Å². The van der Waals surface area contributed by atoms with E-state index in [0.717, 1.165) is 32.4 Å². The van der Waals surface area contributed by atoms with Crippen molar-refractivity contribution in [2.45, 2.75) is 45.1 Å². The number of aryl methyl sites for hydroxylation is 1. The van der Waals surface area contributed by atoms with Crippen LogP contribution < -0.4 is 10.6 Å². The van der Waals surface area contributed by atoms with Crippen molar-refractivity contribution in [3.63, 3.8) is 0 Å². The van der Waals surface area contributed by atoms with E-state index in [2.05, 4.69) is 46.7 Å². The molecule has 1 aromatic carbocycles. The lowest BCUT2D eigenvalue weighted by Crippen LogP contribution is -2.45. The van der Waals surface area contributed by atoms with Gasteiger partial charge in [-0.1, -0.05) is 29.8 Å². The molecule has 1 saturated heterocycles. The maximum atomic E-state index is 12.7. The Balaban J connectivity index is 1.41. The molecule has 0 radical (unpaired) electrons. The van der Waals surface area contributed by atoms with Gasteiger partial charge in [0.25, 0.3) is 0 Å². The summed E-state index contributed by atoms with van der Waals surface area (Å²) < 4.78 is 5.00. The van der Waals surface area contributed by atoms with Gasteiger partial charge in [0, 0.05) is 26.2 Å². The summed E-state index contributed by atoms with van der Waals surface area (Å²) in [5.74, 6) is 0.848. The van der Waals surface area contributed by atoms with Gasteiger partial charge in [-0.15, -0.1) is 0 Å². The number of nitrogens with one attached hydrogen (secondary N) is 2. The molecule has 2 fully saturated rings. The van der Waals surface area contributed by atoms with Gasteiger partial charge in [0.2, 0.25) is 11.8 Å². The molecule has 1 aliphatic carbocycles. The van der Waals surface area contributed by atoms with E-state index in [9.17, 15) is 9.59 Å². The van der Waals surface area contributed by atoms with Gasteiger partial charge in [0.15, 0.2) is 0 Å². The van der Waals surface area contributed by atoms with Crippen LogP contribution in [-0.2, 0) is 14.3 Å². The highest BCUT2D eigenvalue weighted by molar-refractivity contribution is 5.79. The number of ether oxygens (including phenoxy) is 1. The third-order valence-electron chi connectivity index (χ3n) is 6.00. The predicted octanol–water partition coefficient (Wildman–Crippen LogP) is 2.43. The van der Waals surface area contributed by atoms with Gasteiger partial charge < -0.3 is 15.4 Å². The van der Waals surface area contributed by atoms with Crippen molar-refractivity contribution in [3.8, 4) is 0 Å². The van der Waals surface area contributed by atoms with Gasteiger partial charge >= 0.3 is 0 Å². The second-order valence-electron chi connectivity index (χ2n) is 8.48. The van der Waals surface area contributed by atoms with E-state index in [1.165, 1.54) is 24.0 Å². The number of hydrogen-bond acceptors (Lipinski definition) is 4. The Labute approximate surface area is 174 Å². The molecule has 1 saturated carbocycles. The largest absolute Gasteiger partial charge is 0.385 e. The molecule has 29 heavy (non-hydrogen) atoms. The number of nitrogens with zero attached hydrogens (tertiary/aromatic N) is 1. The zero-order valence-corrected chi connectivity index (χ0v) is 17.8. The first-order valence-electron chi connectivity index (χ1n) is 10.9. The Bertz CT molecular complexity index is 664. The minimum atomic E-state index is 0.0589. The van der Waals surface area contributed by atoms with Crippen LogP contribution in [0, 0.1) is 18.8 Å². The highest BCUT2D eigenvalue weighted by Gasteiger charge is 2.34. The van der Waals surface area contributed by atoms with E-state index >= 15 is 0 Å². The summed E-state index contributed by atoms with van der Waals surface area (Å²) in [6, 6.07) is 8.62. The summed E-state index contributed by atoms with van der Waals surface area (Å²) in [6.45, 7) is 5.41. The number of methoxy groups -OCH3 is 1. The number of carbonyl (C=O) groups is 2. The van der Waals surface area contributed by atoms with Gasteiger partial charge in [-0.3, -0.25) is 14.5 Å². The fourth-order valence-electron chi connectivity index (χ4n) is 4.02. The van der Waals surface area contributed by atoms with Crippen molar-refractivity contribution < 1.29 is 14.3 Å². The first-order valence-corrected chi connectivity index (χ1v) is 10.9. The average Bonchev–Trinajstić information content (AvgIpc) is 3.56. The van der Waals surface area contributed by atoms with E-state index in [1.54, 1.807) is 7.11 Å². The number of likely N-dealkylation sites (tertiary alicyclic amines) is 1. The third-order valence-corrected chi connectivity index (χ3v) is 6.00. The lowest BCUT2D eigenvalue weighted by atomic mass is 9.96. The summed E-state index contributed by atoms with van der Waals surface area (Å²) in [5.41, 5.74) is 2.44. The van der Waals surface area contributed by atoms with Crippen LogP contribution in [0.5, 0.6) is 0 Å². The Kier molecular flexibility index (Phi) is 8.07. The molecule has 3 rings (SSSR count). The average molecular weight is 402 g/mol. The summed E-state index contributed by atoms with van der Waals surface area (Å²) >= 11 is 0. The van der Waals surface area contributed by atoms with Crippen LogP contribution in [-0.4, -0.2) is 56.6 Å². The normalized spacial score (nSPS) is 19.0. The van der Waals surface area contributed by atoms with Crippen molar-refractivity contribution in [1.82, 2.24) is 15.5 Å². The zero-order valence-electron chi connectivity index (χ0n) is 17.8. The maximum absolute atomic E-state index is 12.7. The van der Waals surface area contributed by atoms with Crippen LogP contribution in [0.1, 0.15) is 49.3 Å². The molecule has 0 bridgehead atoms. The van der Waals surface area contributed by atoms with Crippen molar-refractivity contribution in [2.24, 2.45) is 11.8 Å². The minimum absolute atomic E-state index is 0.0589. The Hall–Kier alpha value is -1.92. The SMILES string of the molecule is COCCCNC(=O)C1CCN(CC(=O)NC(c2ccc(C)cc2)C2CC2)CC1. The molecule has 1 aliphatic heterocycles. The molecule has 1 heterocycles. The molecule has 1 aromatic rings. The van der Waals surface area contributed by atoms with Gasteiger partial charge in [-0.2, -0.15) is 0 Å². The van der Waals surface area contributed by atoms with Gasteiger partial charge in [0.05, 0.1) is 12.6 Å². The van der Waals surface area contributed by atoms with Crippen molar-refractivity contribution in [3.05, 3.63) is 35.4 Å². The number of amides is 2. The first-order chi connectivity index (χ1) is 14.1. The maximum Gasteiger partial charge on any atom is 0.234 e. The molecule has 0 aromatic heterocycles. The van der Waals surface area contributed by atoms with Gasteiger partial charge in [0.1, 0.15) is 0 Å². The van der Waals surface area contributed by atoms with E-state index in [0.29, 0.717) is 25.6 Å². The van der Waals surface area contributed by atoms with E-state index in [1.807, 2.05) is 0 Å². The number of piperidine rings is 1. The monoisotopic (exact) mass is 401 g/mol. The van der Waals surface area contributed by atoms with Crippen LogP contribution in [0.3, 0.4) is 0 Å². The second kappa shape index (κ2) is 10.7. The number of carbonyl (C=O) groups excluding carboxylic acids is 2. The van der Waals surface area contributed by atoms with Crippen molar-refractivity contribution in [1.29, 1.82) is 0 Å². The molecule has 6 heteroatoms. The standard InChI is InChI=1S/C23H35N3O3/c1-17-4-6-18(7-5-17)22(19-8-9-19)25-21(27)16-26-13-10-20(11-14-26)23(28)24-12-3-15-29-2/h4-7,19-20,22H,3,8-16H2,1-2H3,(H,24,28)(H,25,27). The molecular weight excluding hydrogens is 366 g/mol. The number of rotatable bonds is 10. The molecule has 160 valence electrons. The van der Waals surface area contributed by atoms with Crippen LogP contribution in [0.25, 0.3) is 0 Å². The second-order valence-corrected chi connectivity index (χ2v) is 8.48. The number of benzene rings is 1. The lowest BCUT2D eigenvalue weighted by molar-refractivity contribution is -0.127. The fraction of sp³-hybridized carbons (Fsp3) is 0.652. The van der Waals surface area contributed by atoms with E-state index in [4.69, 9.17) is 4.74 Å². The van der Waals surface area contributed by atoms with E-state index in [-0.39, 0.29) is 23.8 Å². The quantitative estimate of drug-likeness (QED) is 0.591. The Morgan fingerprint density at radius 1 is 1.14 bits per heavy atom. The van der Waals surface area contributed by atoms with Crippen molar-refractivity contribution >= 4 is 11.8 Å². The molecular formula is C23H35N3O3. The number of hydrogen-bond donors (Lipinski definition) is 2. The molecule has 6 nitrogen and oxygen atoms in total. The molecule has 1 unspecified atom stereocenters. The highest BCUT2D eigenvalue weighted by atomic mass is 16.5. The molecule has 2 aliphatic rings. The van der Waals surface area contributed by atoms with Crippen LogP contribution in [0.4, 0.5) is 0 Å². The van der Waals surface area contributed by atoms with Gasteiger partial charge in [-0.05, 0) is 63.6 Å². The fourth-order valence-corrected chi connectivity index (χ4v) is 4.02. The van der Waals surface area contributed by atoms with Crippen LogP contribution in [0.15, 0.2) is 24.3 Å². The molecule has 0 spiro atoms. The highest BCUT2D eigenvalue weighted by Crippen LogP contribution is 2.41. The minimum Gasteiger partial charge on any atom is -0.385 e. The molecule has 1 atom stereocenters. The molecule has 2 N–H and O–H groups in total. The predicted molar refractivity (Wildman–Crippen MR) is 113 cm³/mol. The summed E-state index contributed by atoms with van der Waals surface area (Å²) in [6.07, 6.45) is 4.83.